The highest BCUT2D eigenvalue weighted by molar-refractivity contribution is 5.94. The van der Waals surface area contributed by atoms with Crippen molar-refractivity contribution in [3.05, 3.63) is 71.8 Å². The average Bonchev–Trinajstić information content (AvgIpc) is 2.61. The van der Waals surface area contributed by atoms with Crippen LogP contribution in [0.1, 0.15) is 41.6 Å². The Bertz CT molecular complexity index is 627. The number of nitrogens with zero attached hydrogens (tertiary/aromatic N) is 1. The quantitative estimate of drug-likeness (QED) is 0.937. The first kappa shape index (κ1) is 15.8. The number of hydrogen-bond donors (Lipinski definition) is 1. The Labute approximate surface area is 137 Å². The van der Waals surface area contributed by atoms with Crippen LogP contribution in [0.3, 0.4) is 0 Å². The van der Waals surface area contributed by atoms with Gasteiger partial charge in [-0.25, -0.2) is 0 Å². The summed E-state index contributed by atoms with van der Waals surface area (Å²) in [6.45, 7) is 0.538. The maximum Gasteiger partial charge on any atom is 0.254 e. The standard InChI is InChI=1S/C20H23NO2/c22-19-14-8-7-13-18(19)21(15-16-9-3-1-4-10-16)20(23)17-11-5-2-6-12-17/h1-6,9-12,18-19,22H,7-8,13-15H2/t18-,19-/m1/s1. The first-order valence-corrected chi connectivity index (χ1v) is 8.34. The molecule has 1 N–H and O–H groups in total. The number of carbonyl (C=O) groups is 1. The summed E-state index contributed by atoms with van der Waals surface area (Å²) < 4.78 is 0. The molecule has 1 saturated carbocycles. The van der Waals surface area contributed by atoms with Gasteiger partial charge in [0.1, 0.15) is 0 Å². The molecule has 1 fully saturated rings. The molecular weight excluding hydrogens is 286 g/mol. The van der Waals surface area contributed by atoms with E-state index in [1.165, 1.54) is 0 Å². The highest BCUT2D eigenvalue weighted by Crippen LogP contribution is 2.26. The first-order chi connectivity index (χ1) is 11.3. The van der Waals surface area contributed by atoms with Gasteiger partial charge in [-0.1, -0.05) is 61.4 Å². The molecule has 3 rings (SSSR count). The van der Waals surface area contributed by atoms with Gasteiger partial charge in [0.15, 0.2) is 0 Å². The largest absolute Gasteiger partial charge is 0.391 e. The number of aliphatic hydroxyl groups is 1. The molecule has 2 atom stereocenters. The number of benzene rings is 2. The zero-order valence-corrected chi connectivity index (χ0v) is 13.3. The Morgan fingerprint density at radius 3 is 2.22 bits per heavy atom. The van der Waals surface area contributed by atoms with Crippen molar-refractivity contribution in [1.82, 2.24) is 4.90 Å². The summed E-state index contributed by atoms with van der Waals surface area (Å²) in [6, 6.07) is 19.3. The molecule has 1 aliphatic carbocycles. The van der Waals surface area contributed by atoms with E-state index in [9.17, 15) is 9.90 Å². The zero-order valence-electron chi connectivity index (χ0n) is 13.3. The fourth-order valence-electron chi connectivity index (χ4n) is 3.32. The normalized spacial score (nSPS) is 20.9. The minimum absolute atomic E-state index is 0.000373. The van der Waals surface area contributed by atoms with Gasteiger partial charge < -0.3 is 10.0 Å². The predicted molar refractivity (Wildman–Crippen MR) is 91.0 cm³/mol. The molecule has 3 heteroatoms. The summed E-state index contributed by atoms with van der Waals surface area (Å²) in [4.78, 5) is 14.9. The molecule has 0 spiro atoms. The van der Waals surface area contributed by atoms with Crippen molar-refractivity contribution < 1.29 is 9.90 Å². The van der Waals surface area contributed by atoms with Crippen LogP contribution in [0.25, 0.3) is 0 Å². The molecule has 1 aliphatic rings. The van der Waals surface area contributed by atoms with Crippen molar-refractivity contribution in [3.63, 3.8) is 0 Å². The van der Waals surface area contributed by atoms with Crippen LogP contribution in [0, 0.1) is 0 Å². The van der Waals surface area contributed by atoms with E-state index in [2.05, 4.69) is 0 Å². The van der Waals surface area contributed by atoms with Gasteiger partial charge in [0, 0.05) is 12.1 Å². The minimum Gasteiger partial charge on any atom is -0.391 e. The fraction of sp³-hybridized carbons (Fsp3) is 0.350. The van der Waals surface area contributed by atoms with Crippen LogP contribution in [0.4, 0.5) is 0 Å². The molecule has 0 radical (unpaired) electrons. The molecule has 0 unspecified atom stereocenters. The molecule has 0 aliphatic heterocycles. The Kier molecular flexibility index (Phi) is 5.09. The topological polar surface area (TPSA) is 40.5 Å². The summed E-state index contributed by atoms with van der Waals surface area (Å²) in [5.41, 5.74) is 1.77. The van der Waals surface area contributed by atoms with Gasteiger partial charge in [-0.3, -0.25) is 4.79 Å². The first-order valence-electron chi connectivity index (χ1n) is 8.34. The SMILES string of the molecule is O=C(c1ccccc1)N(Cc1ccccc1)[C@@H]1CCCC[C@H]1O. The van der Waals surface area contributed by atoms with E-state index in [0.717, 1.165) is 31.2 Å². The third kappa shape index (κ3) is 3.80. The maximum atomic E-state index is 13.0. The van der Waals surface area contributed by atoms with Crippen LogP contribution in [0.15, 0.2) is 60.7 Å². The van der Waals surface area contributed by atoms with Gasteiger partial charge in [-0.15, -0.1) is 0 Å². The second kappa shape index (κ2) is 7.42. The summed E-state index contributed by atoms with van der Waals surface area (Å²) in [7, 11) is 0. The Morgan fingerprint density at radius 1 is 0.957 bits per heavy atom. The van der Waals surface area contributed by atoms with E-state index in [-0.39, 0.29) is 11.9 Å². The highest BCUT2D eigenvalue weighted by atomic mass is 16.3. The molecule has 0 aromatic heterocycles. The number of rotatable bonds is 4. The molecule has 23 heavy (non-hydrogen) atoms. The molecule has 120 valence electrons. The number of carbonyl (C=O) groups excluding carboxylic acids is 1. The molecule has 0 saturated heterocycles. The molecule has 0 bridgehead atoms. The van der Waals surface area contributed by atoms with Crippen molar-refractivity contribution in [2.24, 2.45) is 0 Å². The number of amides is 1. The molecular formula is C20H23NO2. The van der Waals surface area contributed by atoms with Crippen LogP contribution < -0.4 is 0 Å². The van der Waals surface area contributed by atoms with Crippen LogP contribution in [0.2, 0.25) is 0 Å². The van der Waals surface area contributed by atoms with Crippen LogP contribution in [-0.4, -0.2) is 28.1 Å². The van der Waals surface area contributed by atoms with Gasteiger partial charge >= 0.3 is 0 Å². The van der Waals surface area contributed by atoms with Gasteiger partial charge in [0.2, 0.25) is 0 Å². The van der Waals surface area contributed by atoms with E-state index in [4.69, 9.17) is 0 Å². The van der Waals surface area contributed by atoms with E-state index >= 15 is 0 Å². The summed E-state index contributed by atoms with van der Waals surface area (Å²) in [5.74, 6) is 0.000373. The van der Waals surface area contributed by atoms with Gasteiger partial charge in [-0.2, -0.15) is 0 Å². The predicted octanol–water partition coefficient (Wildman–Crippen LogP) is 3.63. The Balaban J connectivity index is 1.87. The van der Waals surface area contributed by atoms with Gasteiger partial charge in [0.25, 0.3) is 5.91 Å². The van der Waals surface area contributed by atoms with Crippen LogP contribution in [-0.2, 0) is 6.54 Å². The summed E-state index contributed by atoms with van der Waals surface area (Å²) in [5, 5.41) is 10.4. The summed E-state index contributed by atoms with van der Waals surface area (Å²) in [6.07, 6.45) is 3.32. The van der Waals surface area contributed by atoms with Crippen molar-refractivity contribution in [2.45, 2.75) is 44.4 Å². The van der Waals surface area contributed by atoms with E-state index in [1.54, 1.807) is 0 Å². The van der Waals surface area contributed by atoms with Gasteiger partial charge in [0.05, 0.1) is 12.1 Å². The molecule has 2 aromatic rings. The van der Waals surface area contributed by atoms with Crippen LogP contribution in [0.5, 0.6) is 0 Å². The lowest BCUT2D eigenvalue weighted by atomic mass is 9.90. The van der Waals surface area contributed by atoms with E-state index < -0.39 is 6.10 Å². The number of hydrogen-bond acceptors (Lipinski definition) is 2. The summed E-state index contributed by atoms with van der Waals surface area (Å²) >= 11 is 0. The lowest BCUT2D eigenvalue weighted by molar-refractivity contribution is 0.0149. The fourth-order valence-corrected chi connectivity index (χ4v) is 3.32. The van der Waals surface area contributed by atoms with E-state index in [1.807, 2.05) is 65.6 Å². The smallest absolute Gasteiger partial charge is 0.254 e. The number of aliphatic hydroxyl groups excluding tert-OH is 1. The molecule has 0 heterocycles. The molecule has 2 aromatic carbocycles. The minimum atomic E-state index is -0.430. The maximum absolute atomic E-state index is 13.0. The second-order valence-corrected chi connectivity index (χ2v) is 6.20. The second-order valence-electron chi connectivity index (χ2n) is 6.20. The molecule has 1 amide bonds. The third-order valence-electron chi connectivity index (χ3n) is 4.57. The third-order valence-corrected chi connectivity index (χ3v) is 4.57. The van der Waals surface area contributed by atoms with Crippen LogP contribution >= 0.6 is 0 Å². The highest BCUT2D eigenvalue weighted by Gasteiger charge is 2.32. The van der Waals surface area contributed by atoms with Crippen molar-refractivity contribution in [2.75, 3.05) is 0 Å². The zero-order chi connectivity index (χ0) is 16.1. The Hall–Kier alpha value is -2.13. The van der Waals surface area contributed by atoms with E-state index in [0.29, 0.717) is 12.1 Å². The molecule has 3 nitrogen and oxygen atoms in total. The van der Waals surface area contributed by atoms with Crippen molar-refractivity contribution in [3.8, 4) is 0 Å². The van der Waals surface area contributed by atoms with Crippen molar-refractivity contribution >= 4 is 5.91 Å². The lowest BCUT2D eigenvalue weighted by Crippen LogP contribution is -2.48. The lowest BCUT2D eigenvalue weighted by Gasteiger charge is -2.38. The van der Waals surface area contributed by atoms with Crippen molar-refractivity contribution in [1.29, 1.82) is 0 Å². The Morgan fingerprint density at radius 2 is 1.57 bits per heavy atom. The average molecular weight is 309 g/mol. The monoisotopic (exact) mass is 309 g/mol. The van der Waals surface area contributed by atoms with Gasteiger partial charge in [-0.05, 0) is 30.5 Å².